The molecule has 2 rings (SSSR count). The fourth-order valence-corrected chi connectivity index (χ4v) is 1.61. The van der Waals surface area contributed by atoms with Crippen molar-refractivity contribution in [2.24, 2.45) is 0 Å². The van der Waals surface area contributed by atoms with Gasteiger partial charge in [-0.05, 0) is 6.07 Å². The van der Waals surface area contributed by atoms with Gasteiger partial charge in [0.05, 0.1) is 17.1 Å². The third-order valence-corrected chi connectivity index (χ3v) is 2.55. The Labute approximate surface area is 108 Å². The molecule has 1 aliphatic rings. The summed E-state index contributed by atoms with van der Waals surface area (Å²) in [6, 6.07) is 7.26. The Balaban J connectivity index is 2.19. The molecule has 0 atom stereocenters. The largest absolute Gasteiger partial charge is 0.478 e. The fourth-order valence-electron chi connectivity index (χ4n) is 1.61. The van der Waals surface area contributed by atoms with Crippen LogP contribution in [0.1, 0.15) is 16.8 Å². The summed E-state index contributed by atoms with van der Waals surface area (Å²) < 4.78 is 5.12. The number of benzene rings is 1. The van der Waals surface area contributed by atoms with E-state index < -0.39 is 10.8 Å². The normalized spacial score (nSPS) is 13.6. The van der Waals surface area contributed by atoms with Crippen LogP contribution in [0.15, 0.2) is 35.7 Å². The lowest BCUT2D eigenvalue weighted by atomic mass is 10.2. The number of hydrogen-bond donors (Lipinski definition) is 1. The minimum Gasteiger partial charge on any atom is -0.478 e. The third kappa shape index (κ3) is 2.69. The van der Waals surface area contributed by atoms with E-state index in [9.17, 15) is 14.9 Å². The SMILES string of the molecule is N#CC1=C(NC(=O)c2cccc([N+](=O)[O-])c2)OCC1. The average Bonchev–Trinajstić information content (AvgIpc) is 2.86. The zero-order valence-electron chi connectivity index (χ0n) is 9.75. The summed E-state index contributed by atoms with van der Waals surface area (Å²) in [5.74, 6) is -0.424. The van der Waals surface area contributed by atoms with Crippen molar-refractivity contribution in [3.8, 4) is 6.07 Å². The number of carbonyl (C=O) groups excluding carboxylic acids is 1. The molecule has 0 unspecified atom stereocenters. The minimum absolute atomic E-state index is 0.124. The van der Waals surface area contributed by atoms with Crippen molar-refractivity contribution < 1.29 is 14.5 Å². The van der Waals surface area contributed by atoms with Gasteiger partial charge in [0.1, 0.15) is 6.07 Å². The van der Waals surface area contributed by atoms with Crippen LogP contribution >= 0.6 is 0 Å². The van der Waals surface area contributed by atoms with Gasteiger partial charge >= 0.3 is 0 Å². The smallest absolute Gasteiger partial charge is 0.270 e. The average molecular weight is 259 g/mol. The van der Waals surface area contributed by atoms with Crippen LogP contribution in [-0.2, 0) is 4.74 Å². The van der Waals surface area contributed by atoms with Crippen molar-refractivity contribution in [2.75, 3.05) is 6.61 Å². The first kappa shape index (κ1) is 12.6. The molecular formula is C12H9N3O4. The lowest BCUT2D eigenvalue weighted by Crippen LogP contribution is -2.23. The highest BCUT2D eigenvalue weighted by molar-refractivity contribution is 5.95. The Hall–Kier alpha value is -2.88. The predicted octanol–water partition coefficient (Wildman–Crippen LogP) is 1.48. The summed E-state index contributed by atoms with van der Waals surface area (Å²) in [5.41, 5.74) is 0.322. The van der Waals surface area contributed by atoms with Crippen molar-refractivity contribution >= 4 is 11.6 Å². The molecule has 1 aromatic carbocycles. The van der Waals surface area contributed by atoms with Crippen LogP contribution < -0.4 is 5.32 Å². The first-order chi connectivity index (χ1) is 9.11. The lowest BCUT2D eigenvalue weighted by Gasteiger charge is -2.06. The number of rotatable bonds is 3. The quantitative estimate of drug-likeness (QED) is 0.653. The number of hydrogen-bond acceptors (Lipinski definition) is 5. The summed E-state index contributed by atoms with van der Waals surface area (Å²) in [4.78, 5) is 21.9. The maximum absolute atomic E-state index is 11.9. The number of ether oxygens (including phenoxy) is 1. The Morgan fingerprint density at radius 2 is 2.32 bits per heavy atom. The van der Waals surface area contributed by atoms with E-state index in [1.54, 1.807) is 0 Å². The molecule has 0 aromatic heterocycles. The maximum Gasteiger partial charge on any atom is 0.270 e. The van der Waals surface area contributed by atoms with Crippen LogP contribution in [0.3, 0.4) is 0 Å². The van der Waals surface area contributed by atoms with Gasteiger partial charge in [0.25, 0.3) is 11.6 Å². The molecule has 0 bridgehead atoms. The molecule has 19 heavy (non-hydrogen) atoms. The van der Waals surface area contributed by atoms with Crippen LogP contribution in [0.5, 0.6) is 0 Å². The summed E-state index contributed by atoms with van der Waals surface area (Å²) in [6.07, 6.45) is 0.445. The van der Waals surface area contributed by atoms with Crippen molar-refractivity contribution in [3.05, 3.63) is 51.4 Å². The van der Waals surface area contributed by atoms with E-state index in [2.05, 4.69) is 5.32 Å². The maximum atomic E-state index is 11.9. The molecule has 0 saturated heterocycles. The third-order valence-electron chi connectivity index (χ3n) is 2.55. The van der Waals surface area contributed by atoms with Gasteiger partial charge in [0.15, 0.2) is 0 Å². The molecule has 7 nitrogen and oxygen atoms in total. The number of nitro groups is 1. The van der Waals surface area contributed by atoms with Crippen LogP contribution in [0.4, 0.5) is 5.69 Å². The van der Waals surface area contributed by atoms with E-state index in [4.69, 9.17) is 10.00 Å². The second-order valence-electron chi connectivity index (χ2n) is 3.78. The fraction of sp³-hybridized carbons (Fsp3) is 0.167. The molecule has 0 fully saturated rings. The van der Waals surface area contributed by atoms with Crippen LogP contribution in [-0.4, -0.2) is 17.4 Å². The van der Waals surface area contributed by atoms with E-state index >= 15 is 0 Å². The van der Waals surface area contributed by atoms with Crippen molar-refractivity contribution in [3.63, 3.8) is 0 Å². The Kier molecular flexibility index (Phi) is 3.43. The van der Waals surface area contributed by atoms with E-state index in [1.807, 2.05) is 6.07 Å². The van der Waals surface area contributed by atoms with Crippen LogP contribution in [0.2, 0.25) is 0 Å². The minimum atomic E-state index is -0.581. The number of nitriles is 1. The predicted molar refractivity (Wildman–Crippen MR) is 63.8 cm³/mol. The summed E-state index contributed by atoms with van der Waals surface area (Å²) in [5, 5.41) is 21.9. The van der Waals surface area contributed by atoms with Gasteiger partial charge in [-0.1, -0.05) is 6.07 Å². The van der Waals surface area contributed by atoms with Crippen LogP contribution in [0, 0.1) is 21.4 Å². The molecule has 0 radical (unpaired) electrons. The lowest BCUT2D eigenvalue weighted by molar-refractivity contribution is -0.384. The zero-order chi connectivity index (χ0) is 13.8. The highest BCUT2D eigenvalue weighted by atomic mass is 16.6. The zero-order valence-corrected chi connectivity index (χ0v) is 9.75. The number of amides is 1. The summed E-state index contributed by atoms with van der Waals surface area (Å²) in [7, 11) is 0. The number of non-ortho nitro benzene ring substituents is 1. The van der Waals surface area contributed by atoms with E-state index in [1.165, 1.54) is 18.2 Å². The molecule has 1 amide bonds. The molecule has 0 aliphatic carbocycles. The number of carbonyl (C=O) groups is 1. The number of nitro benzene ring substituents is 1. The van der Waals surface area contributed by atoms with Crippen molar-refractivity contribution in [1.82, 2.24) is 5.32 Å². The summed E-state index contributed by atoms with van der Waals surface area (Å²) >= 11 is 0. The monoisotopic (exact) mass is 259 g/mol. The molecule has 1 heterocycles. The van der Waals surface area contributed by atoms with Gasteiger partial charge < -0.3 is 4.74 Å². The molecule has 96 valence electrons. The van der Waals surface area contributed by atoms with Gasteiger partial charge in [0.2, 0.25) is 5.88 Å². The first-order valence-electron chi connectivity index (χ1n) is 5.43. The van der Waals surface area contributed by atoms with Gasteiger partial charge in [-0.2, -0.15) is 5.26 Å². The molecule has 1 aliphatic heterocycles. The highest BCUT2D eigenvalue weighted by Crippen LogP contribution is 2.17. The molecular weight excluding hydrogens is 250 g/mol. The van der Waals surface area contributed by atoms with Gasteiger partial charge in [-0.3, -0.25) is 20.2 Å². The second kappa shape index (κ2) is 5.18. The molecule has 7 heteroatoms. The Morgan fingerprint density at radius 3 is 3.00 bits per heavy atom. The molecule has 1 N–H and O–H groups in total. The Morgan fingerprint density at radius 1 is 1.53 bits per heavy atom. The van der Waals surface area contributed by atoms with E-state index in [-0.39, 0.29) is 17.1 Å². The topological polar surface area (TPSA) is 105 Å². The van der Waals surface area contributed by atoms with Crippen LogP contribution in [0.25, 0.3) is 0 Å². The van der Waals surface area contributed by atoms with E-state index in [0.717, 1.165) is 6.07 Å². The highest BCUT2D eigenvalue weighted by Gasteiger charge is 2.19. The second-order valence-corrected chi connectivity index (χ2v) is 3.78. The summed E-state index contributed by atoms with van der Waals surface area (Å²) in [6.45, 7) is 0.341. The first-order valence-corrected chi connectivity index (χ1v) is 5.43. The standard InChI is InChI=1S/C12H9N3O4/c13-7-9-4-5-19-12(9)14-11(16)8-2-1-3-10(6-8)15(17)18/h1-3,6H,4-5H2,(H,14,16). The number of nitrogens with one attached hydrogen (secondary N) is 1. The van der Waals surface area contributed by atoms with Crippen molar-refractivity contribution in [1.29, 1.82) is 5.26 Å². The van der Waals surface area contributed by atoms with Gasteiger partial charge in [-0.15, -0.1) is 0 Å². The molecule has 0 spiro atoms. The van der Waals surface area contributed by atoms with Gasteiger partial charge in [0, 0.05) is 24.1 Å². The van der Waals surface area contributed by atoms with E-state index in [0.29, 0.717) is 18.6 Å². The molecule has 1 aromatic rings. The van der Waals surface area contributed by atoms with Gasteiger partial charge in [-0.25, -0.2) is 0 Å². The molecule has 0 saturated carbocycles. The Bertz CT molecular complexity index is 616. The number of nitrogens with zero attached hydrogens (tertiary/aromatic N) is 2. The van der Waals surface area contributed by atoms with Crippen molar-refractivity contribution in [2.45, 2.75) is 6.42 Å².